The quantitative estimate of drug-likeness (QED) is 0.194. The van der Waals surface area contributed by atoms with E-state index in [1.54, 1.807) is 0 Å². The maximum atomic E-state index is 10.1. The van der Waals surface area contributed by atoms with Gasteiger partial charge in [-0.3, -0.25) is 10.1 Å². The van der Waals surface area contributed by atoms with Crippen molar-refractivity contribution >= 4 is 0 Å². The Morgan fingerprint density at radius 3 is 1.20 bits per heavy atom. The molecule has 0 saturated carbocycles. The van der Waals surface area contributed by atoms with E-state index in [1.807, 2.05) is 0 Å². The summed E-state index contributed by atoms with van der Waals surface area (Å²) in [6.45, 7) is 2.42. The Kier molecular flexibility index (Phi) is 16.0. The molecule has 0 aliphatic heterocycles. The minimum atomic E-state index is -0.206. The molecule has 0 bridgehead atoms. The fourth-order valence-corrected chi connectivity index (χ4v) is 2.61. The van der Waals surface area contributed by atoms with Gasteiger partial charge in [-0.1, -0.05) is 90.4 Å². The lowest BCUT2D eigenvalue weighted by atomic mass is 10.0. The third-order valence-corrected chi connectivity index (χ3v) is 3.94. The third-order valence-electron chi connectivity index (χ3n) is 3.94. The molecule has 0 aromatic carbocycles. The van der Waals surface area contributed by atoms with Crippen LogP contribution in [0.2, 0.25) is 0 Å². The van der Waals surface area contributed by atoms with Crippen molar-refractivity contribution in [2.24, 2.45) is 0 Å². The Morgan fingerprint density at radius 2 is 0.900 bits per heavy atom. The molecule has 0 N–H and O–H groups in total. The number of unbranched alkanes of at least 4 members (excludes halogenated alkanes) is 14. The Labute approximate surface area is 125 Å². The summed E-state index contributed by atoms with van der Waals surface area (Å²) < 4.78 is 0. The molecule has 0 aromatic rings. The molecule has 0 unspecified atom stereocenters. The van der Waals surface area contributed by atoms with E-state index < -0.39 is 0 Å². The zero-order chi connectivity index (χ0) is 14.9. The van der Waals surface area contributed by atoms with Gasteiger partial charge in [-0.25, -0.2) is 0 Å². The van der Waals surface area contributed by atoms with Gasteiger partial charge in [0.25, 0.3) is 0 Å². The molecule has 3 heteroatoms. The van der Waals surface area contributed by atoms with E-state index >= 15 is 0 Å². The summed E-state index contributed by atoms with van der Waals surface area (Å²) in [6, 6.07) is 0. The lowest BCUT2D eigenvalue weighted by Crippen LogP contribution is -1.99. The highest BCUT2D eigenvalue weighted by Crippen LogP contribution is 2.13. The van der Waals surface area contributed by atoms with Crippen LogP contribution in [0.1, 0.15) is 103 Å². The Bertz CT molecular complexity index is 207. The van der Waals surface area contributed by atoms with Crippen LogP contribution in [-0.2, 0) is 0 Å². The molecule has 120 valence electrons. The fraction of sp³-hybridized carbons (Fsp3) is 1.00. The second-order valence-corrected chi connectivity index (χ2v) is 6.01. The van der Waals surface area contributed by atoms with E-state index in [0.29, 0.717) is 0 Å². The van der Waals surface area contributed by atoms with Crippen molar-refractivity contribution in [1.29, 1.82) is 0 Å². The molecule has 0 atom stereocenters. The lowest BCUT2D eigenvalue weighted by Gasteiger charge is -2.02. The van der Waals surface area contributed by atoms with E-state index in [4.69, 9.17) is 0 Å². The molecule has 0 rings (SSSR count). The molecule has 0 aromatic heterocycles. The minimum Gasteiger partial charge on any atom is -0.265 e. The van der Waals surface area contributed by atoms with Crippen LogP contribution in [0.15, 0.2) is 0 Å². The number of hydrogen-bond acceptors (Lipinski definition) is 2. The number of nitrogens with zero attached hydrogens (tertiary/aromatic N) is 1. The van der Waals surface area contributed by atoms with Crippen molar-refractivity contribution in [2.75, 3.05) is 6.54 Å². The molecule has 3 nitrogen and oxygen atoms in total. The Balaban J connectivity index is 2.94. The summed E-state index contributed by atoms with van der Waals surface area (Å²) in [4.78, 5) is 9.93. The van der Waals surface area contributed by atoms with E-state index in [1.165, 1.54) is 83.5 Å². The molecule has 0 saturated heterocycles. The monoisotopic (exact) mass is 285 g/mol. The van der Waals surface area contributed by atoms with Gasteiger partial charge in [0, 0.05) is 11.3 Å². The Hall–Kier alpha value is -0.600. The topological polar surface area (TPSA) is 43.1 Å². The molecular weight excluding hydrogens is 250 g/mol. The number of rotatable bonds is 16. The smallest absolute Gasteiger partial charge is 0.203 e. The summed E-state index contributed by atoms with van der Waals surface area (Å²) in [7, 11) is 0. The van der Waals surface area contributed by atoms with Crippen LogP contribution < -0.4 is 0 Å². The van der Waals surface area contributed by atoms with Crippen molar-refractivity contribution in [3.8, 4) is 0 Å². The molecule has 0 amide bonds. The van der Waals surface area contributed by atoms with E-state index in [0.717, 1.165) is 12.8 Å². The molecule has 0 aliphatic rings. The van der Waals surface area contributed by atoms with Gasteiger partial charge in [0.1, 0.15) is 0 Å². The summed E-state index contributed by atoms with van der Waals surface area (Å²) in [6.07, 6.45) is 19.5. The van der Waals surface area contributed by atoms with Crippen LogP contribution >= 0.6 is 0 Å². The number of nitro groups is 1. The van der Waals surface area contributed by atoms with Crippen LogP contribution in [0.5, 0.6) is 0 Å². The first-order valence-corrected chi connectivity index (χ1v) is 8.89. The summed E-state index contributed by atoms with van der Waals surface area (Å²) in [5.74, 6) is 0. The van der Waals surface area contributed by atoms with Crippen molar-refractivity contribution in [1.82, 2.24) is 0 Å². The summed E-state index contributed by atoms with van der Waals surface area (Å²) in [5.41, 5.74) is 0. The molecule has 0 fully saturated rings. The molecule has 20 heavy (non-hydrogen) atoms. The van der Waals surface area contributed by atoms with Crippen LogP contribution in [0.25, 0.3) is 0 Å². The van der Waals surface area contributed by atoms with Gasteiger partial charge in [-0.2, -0.15) is 0 Å². The van der Waals surface area contributed by atoms with Crippen LogP contribution in [-0.4, -0.2) is 11.5 Å². The van der Waals surface area contributed by atoms with E-state index in [-0.39, 0.29) is 11.5 Å². The molecule has 0 radical (unpaired) electrons. The van der Waals surface area contributed by atoms with Gasteiger partial charge in [0.15, 0.2) is 0 Å². The van der Waals surface area contributed by atoms with E-state index in [9.17, 15) is 10.1 Å². The zero-order valence-electron chi connectivity index (χ0n) is 13.6. The molecule has 0 heterocycles. The standard InChI is InChI=1S/C17H35NO2/c1-2-3-4-5-6-7-8-9-10-11-12-13-14-15-16-17-18(19)20/h2-17H2,1H3. The van der Waals surface area contributed by atoms with Crippen molar-refractivity contribution in [2.45, 2.75) is 103 Å². The average molecular weight is 285 g/mol. The van der Waals surface area contributed by atoms with Gasteiger partial charge in [-0.05, 0) is 6.42 Å². The van der Waals surface area contributed by atoms with Crippen molar-refractivity contribution < 1.29 is 4.92 Å². The van der Waals surface area contributed by atoms with Crippen molar-refractivity contribution in [3.63, 3.8) is 0 Å². The van der Waals surface area contributed by atoms with Crippen molar-refractivity contribution in [3.05, 3.63) is 10.1 Å². The first-order chi connectivity index (χ1) is 9.77. The van der Waals surface area contributed by atoms with E-state index in [2.05, 4.69) is 6.92 Å². The summed E-state index contributed by atoms with van der Waals surface area (Å²) >= 11 is 0. The minimum absolute atomic E-state index is 0.151. The SMILES string of the molecule is CCCCCCCCCCCCCCCCC[N+](=O)[O-]. The highest BCUT2D eigenvalue weighted by atomic mass is 16.6. The van der Waals surface area contributed by atoms with Gasteiger partial charge in [0.05, 0.1) is 0 Å². The van der Waals surface area contributed by atoms with Crippen LogP contribution in [0.3, 0.4) is 0 Å². The molecule has 0 aliphatic carbocycles. The zero-order valence-corrected chi connectivity index (χ0v) is 13.6. The van der Waals surface area contributed by atoms with Gasteiger partial charge < -0.3 is 0 Å². The van der Waals surface area contributed by atoms with Crippen LogP contribution in [0, 0.1) is 10.1 Å². The second-order valence-electron chi connectivity index (χ2n) is 6.01. The van der Waals surface area contributed by atoms with Gasteiger partial charge in [-0.15, -0.1) is 0 Å². The lowest BCUT2D eigenvalue weighted by molar-refractivity contribution is -0.480. The second kappa shape index (κ2) is 16.5. The maximum absolute atomic E-state index is 10.1. The molecule has 0 spiro atoms. The predicted molar refractivity (Wildman–Crippen MR) is 86.8 cm³/mol. The summed E-state index contributed by atoms with van der Waals surface area (Å²) in [5, 5.41) is 10.1. The first-order valence-electron chi connectivity index (χ1n) is 8.89. The normalized spacial score (nSPS) is 10.8. The largest absolute Gasteiger partial charge is 0.265 e. The number of hydrogen-bond donors (Lipinski definition) is 0. The third kappa shape index (κ3) is 17.4. The van der Waals surface area contributed by atoms with Gasteiger partial charge >= 0.3 is 0 Å². The first kappa shape index (κ1) is 19.4. The Morgan fingerprint density at radius 1 is 0.600 bits per heavy atom. The highest BCUT2D eigenvalue weighted by Gasteiger charge is 1.97. The molecular formula is C17H35NO2. The van der Waals surface area contributed by atoms with Gasteiger partial charge in [0.2, 0.25) is 6.54 Å². The fourth-order valence-electron chi connectivity index (χ4n) is 2.61. The van der Waals surface area contributed by atoms with Crippen LogP contribution in [0.4, 0.5) is 0 Å². The predicted octanol–water partition coefficient (Wildman–Crippen LogP) is 6.13. The maximum Gasteiger partial charge on any atom is 0.203 e. The highest BCUT2D eigenvalue weighted by molar-refractivity contribution is 4.49. The average Bonchev–Trinajstić information content (AvgIpc) is 2.43.